The number of rotatable bonds is 6. The second-order valence-electron chi connectivity index (χ2n) is 6.74. The summed E-state index contributed by atoms with van der Waals surface area (Å²) in [6, 6.07) is 14.8. The number of aryl methyl sites for hydroxylation is 1. The van der Waals surface area contributed by atoms with Gasteiger partial charge >= 0.3 is 0 Å². The van der Waals surface area contributed by atoms with Crippen LogP contribution in [0.4, 0.5) is 5.95 Å². The summed E-state index contributed by atoms with van der Waals surface area (Å²) >= 11 is 0. The molecule has 2 aromatic heterocycles. The fourth-order valence-electron chi connectivity index (χ4n) is 3.44. The van der Waals surface area contributed by atoms with Crippen LogP contribution in [0.2, 0.25) is 0 Å². The topological polar surface area (TPSA) is 89.2 Å². The Kier molecular flexibility index (Phi) is 5.34. The number of furan rings is 1. The van der Waals surface area contributed by atoms with Gasteiger partial charge in [0.05, 0.1) is 10.9 Å². The van der Waals surface area contributed by atoms with Crippen LogP contribution < -0.4 is 16.4 Å². The molecule has 4 rings (SSSR count). The van der Waals surface area contributed by atoms with Crippen LogP contribution in [-0.4, -0.2) is 15.5 Å². The van der Waals surface area contributed by atoms with E-state index in [0.717, 1.165) is 28.7 Å². The molecule has 7 nitrogen and oxygen atoms in total. The summed E-state index contributed by atoms with van der Waals surface area (Å²) in [6.07, 6.45) is 3.89. The number of fused-ring (bicyclic) bond motifs is 2. The van der Waals surface area contributed by atoms with Gasteiger partial charge in [-0.3, -0.25) is 25.0 Å². The number of hydrogen-bond acceptors (Lipinski definition) is 5. The second kappa shape index (κ2) is 8.24. The van der Waals surface area contributed by atoms with Crippen LogP contribution in [0.25, 0.3) is 27.9 Å². The van der Waals surface area contributed by atoms with Crippen LogP contribution in [0.5, 0.6) is 0 Å². The number of hydrazine groups is 1. The molecule has 152 valence electrons. The number of carbonyl (C=O) groups excluding carboxylic acids is 1. The summed E-state index contributed by atoms with van der Waals surface area (Å²) in [5, 5.41) is 1.50. The van der Waals surface area contributed by atoms with Crippen molar-refractivity contribution in [3.63, 3.8) is 0 Å². The Morgan fingerprint density at radius 2 is 1.83 bits per heavy atom. The van der Waals surface area contributed by atoms with E-state index in [1.807, 2.05) is 44.2 Å². The maximum Gasteiger partial charge on any atom is 0.262 e. The molecule has 0 spiro atoms. The third kappa shape index (κ3) is 3.57. The van der Waals surface area contributed by atoms with Gasteiger partial charge in [-0.15, -0.1) is 0 Å². The molecular formula is C23H22N4O3. The molecule has 0 bridgehead atoms. The number of benzene rings is 2. The first kappa shape index (κ1) is 19.4. The zero-order valence-corrected chi connectivity index (χ0v) is 16.8. The number of amides is 1. The van der Waals surface area contributed by atoms with E-state index in [0.29, 0.717) is 17.4 Å². The molecule has 2 N–H and O–H groups in total. The van der Waals surface area contributed by atoms with Gasteiger partial charge in [-0.05, 0) is 31.2 Å². The van der Waals surface area contributed by atoms with E-state index in [1.165, 1.54) is 10.6 Å². The number of anilines is 1. The van der Waals surface area contributed by atoms with E-state index in [9.17, 15) is 9.59 Å². The molecule has 4 aromatic rings. The largest absolute Gasteiger partial charge is 0.460 e. The maximum atomic E-state index is 12.6. The smallest absolute Gasteiger partial charge is 0.262 e. The zero-order valence-electron chi connectivity index (χ0n) is 16.8. The molecule has 0 atom stereocenters. The van der Waals surface area contributed by atoms with Crippen molar-refractivity contribution < 1.29 is 9.21 Å². The first-order chi connectivity index (χ1) is 14.6. The summed E-state index contributed by atoms with van der Waals surface area (Å²) in [5.74, 6) is 0.738. The highest BCUT2D eigenvalue weighted by atomic mass is 16.3. The number of para-hydroxylation sites is 2. The number of carbonyl (C=O) groups is 1. The Morgan fingerprint density at radius 1 is 1.10 bits per heavy atom. The molecule has 0 radical (unpaired) electrons. The molecular weight excluding hydrogens is 380 g/mol. The quantitative estimate of drug-likeness (QED) is 0.377. The third-order valence-corrected chi connectivity index (χ3v) is 4.91. The number of aromatic nitrogens is 2. The van der Waals surface area contributed by atoms with E-state index in [2.05, 4.69) is 15.8 Å². The Labute approximate surface area is 173 Å². The molecule has 30 heavy (non-hydrogen) atoms. The number of nitrogens with zero attached hydrogens (tertiary/aromatic N) is 2. The van der Waals surface area contributed by atoms with Crippen molar-refractivity contribution in [3.8, 4) is 0 Å². The Bertz CT molecular complexity index is 1320. The minimum absolute atomic E-state index is 0.159. The minimum Gasteiger partial charge on any atom is -0.460 e. The van der Waals surface area contributed by atoms with Crippen LogP contribution in [0, 0.1) is 0 Å². The fourth-order valence-corrected chi connectivity index (χ4v) is 3.44. The van der Waals surface area contributed by atoms with Gasteiger partial charge in [-0.25, -0.2) is 4.98 Å². The van der Waals surface area contributed by atoms with Gasteiger partial charge in [-0.1, -0.05) is 37.3 Å². The van der Waals surface area contributed by atoms with Crippen LogP contribution in [0.15, 0.2) is 63.8 Å². The van der Waals surface area contributed by atoms with Gasteiger partial charge < -0.3 is 4.42 Å². The first-order valence-electron chi connectivity index (χ1n) is 9.86. The summed E-state index contributed by atoms with van der Waals surface area (Å²) in [4.78, 5) is 29.5. The van der Waals surface area contributed by atoms with Crippen molar-refractivity contribution in [3.05, 3.63) is 76.3 Å². The summed E-state index contributed by atoms with van der Waals surface area (Å²) in [6.45, 7) is 4.28. The fraction of sp³-hybridized carbons (Fsp3) is 0.174. The van der Waals surface area contributed by atoms with Crippen molar-refractivity contribution in [1.29, 1.82) is 0 Å². The molecule has 2 aromatic carbocycles. The van der Waals surface area contributed by atoms with E-state index < -0.39 is 0 Å². The van der Waals surface area contributed by atoms with E-state index in [4.69, 9.17) is 4.42 Å². The van der Waals surface area contributed by atoms with E-state index in [1.54, 1.807) is 24.3 Å². The van der Waals surface area contributed by atoms with Gasteiger partial charge in [0.15, 0.2) is 0 Å². The van der Waals surface area contributed by atoms with Crippen molar-refractivity contribution in [1.82, 2.24) is 15.0 Å². The van der Waals surface area contributed by atoms with Gasteiger partial charge in [0.25, 0.3) is 11.5 Å². The molecule has 0 fully saturated rings. The first-order valence-corrected chi connectivity index (χ1v) is 9.86. The van der Waals surface area contributed by atoms with E-state index in [-0.39, 0.29) is 17.4 Å². The minimum atomic E-state index is -0.368. The predicted octanol–water partition coefficient (Wildman–Crippen LogP) is 3.88. The van der Waals surface area contributed by atoms with Gasteiger partial charge in [0.1, 0.15) is 11.3 Å². The van der Waals surface area contributed by atoms with Crippen LogP contribution in [0.3, 0.4) is 0 Å². The standard InChI is InChI=1S/C23H22N4O3/c1-3-19-16(15-9-6-8-12-20(15)30-19)13-14-21(28)25-26-23-24-18-11-7-5-10-17(18)22(29)27(23)4-2/h5-14H,3-4H2,1-2H3,(H,24,26)(H,25,28)/b14-13+. The highest BCUT2D eigenvalue weighted by Gasteiger charge is 2.11. The lowest BCUT2D eigenvalue weighted by Crippen LogP contribution is -2.33. The molecule has 0 saturated carbocycles. The third-order valence-electron chi connectivity index (χ3n) is 4.91. The highest BCUT2D eigenvalue weighted by Crippen LogP contribution is 2.27. The maximum absolute atomic E-state index is 12.6. The molecule has 0 aliphatic heterocycles. The molecule has 1 amide bonds. The lowest BCUT2D eigenvalue weighted by Gasteiger charge is -2.13. The summed E-state index contributed by atoms with van der Waals surface area (Å²) in [7, 11) is 0. The van der Waals surface area contributed by atoms with Crippen LogP contribution in [-0.2, 0) is 17.8 Å². The predicted molar refractivity (Wildman–Crippen MR) is 118 cm³/mol. The van der Waals surface area contributed by atoms with E-state index >= 15 is 0 Å². The molecule has 2 heterocycles. The van der Waals surface area contributed by atoms with Crippen molar-refractivity contribution >= 4 is 39.8 Å². The molecule has 0 aliphatic carbocycles. The molecule has 0 aliphatic rings. The molecule has 7 heteroatoms. The Hall–Kier alpha value is -3.87. The second-order valence-corrected chi connectivity index (χ2v) is 6.74. The lowest BCUT2D eigenvalue weighted by atomic mass is 10.1. The monoisotopic (exact) mass is 402 g/mol. The highest BCUT2D eigenvalue weighted by molar-refractivity contribution is 5.96. The normalized spacial score (nSPS) is 11.4. The number of hydrogen-bond donors (Lipinski definition) is 2. The van der Waals surface area contributed by atoms with Crippen molar-refractivity contribution in [2.24, 2.45) is 0 Å². The van der Waals surface area contributed by atoms with Gasteiger partial charge in [-0.2, -0.15) is 0 Å². The van der Waals surface area contributed by atoms with Crippen LogP contribution in [0.1, 0.15) is 25.2 Å². The molecule has 0 saturated heterocycles. The van der Waals surface area contributed by atoms with Crippen molar-refractivity contribution in [2.45, 2.75) is 26.8 Å². The van der Waals surface area contributed by atoms with Gasteiger partial charge in [0, 0.05) is 30.0 Å². The van der Waals surface area contributed by atoms with Crippen molar-refractivity contribution in [2.75, 3.05) is 5.43 Å². The van der Waals surface area contributed by atoms with Gasteiger partial charge in [0.2, 0.25) is 5.95 Å². The summed E-state index contributed by atoms with van der Waals surface area (Å²) in [5.41, 5.74) is 7.44. The average molecular weight is 402 g/mol. The lowest BCUT2D eigenvalue weighted by molar-refractivity contribution is -0.116. The summed E-state index contributed by atoms with van der Waals surface area (Å²) < 4.78 is 7.32. The molecule has 0 unspecified atom stereocenters. The SMILES string of the molecule is CCc1oc2ccccc2c1/C=C/C(=O)NNc1nc2ccccc2c(=O)n1CC. The Morgan fingerprint density at radius 3 is 2.60 bits per heavy atom. The average Bonchev–Trinajstić information content (AvgIpc) is 3.14. The van der Waals surface area contributed by atoms with Crippen LogP contribution >= 0.6 is 0 Å². The number of nitrogens with one attached hydrogen (secondary N) is 2. The zero-order chi connectivity index (χ0) is 21.1. The Balaban J connectivity index is 1.56.